The molecule has 0 aliphatic carbocycles. The van der Waals surface area contributed by atoms with E-state index in [1.165, 1.54) is 24.1 Å². The highest BCUT2D eigenvalue weighted by Gasteiger charge is 2.37. The maximum Gasteiger partial charge on any atom is 0.0853 e. The number of likely N-dealkylation sites (tertiary alicyclic amines) is 1. The predicted molar refractivity (Wildman–Crippen MR) is 75.1 cm³/mol. The van der Waals surface area contributed by atoms with E-state index < -0.39 is 0 Å². The molecule has 1 aliphatic heterocycles. The lowest BCUT2D eigenvalue weighted by Gasteiger charge is -2.43. The molecule has 90 valence electrons. The van der Waals surface area contributed by atoms with Crippen LogP contribution >= 0.6 is 11.3 Å². The first-order valence-electron chi connectivity index (χ1n) is 6.14. The summed E-state index contributed by atoms with van der Waals surface area (Å²) in [5.41, 5.74) is 0.699. The van der Waals surface area contributed by atoms with Crippen LogP contribution in [0, 0.1) is 12.3 Å². The number of hydrogen-bond acceptors (Lipinski definition) is 2. The molecule has 0 N–H and O–H groups in total. The fraction of sp³-hybridized carbons (Fsp3) is 0.467. The summed E-state index contributed by atoms with van der Waals surface area (Å²) in [6.07, 6.45) is 9.46. The van der Waals surface area contributed by atoms with Gasteiger partial charge in [0, 0.05) is 10.5 Å². The maximum absolute atomic E-state index is 5.60. The van der Waals surface area contributed by atoms with Crippen molar-refractivity contribution >= 4 is 11.3 Å². The summed E-state index contributed by atoms with van der Waals surface area (Å²) in [4.78, 5) is 3.80. The maximum atomic E-state index is 5.60. The molecule has 1 saturated heterocycles. The van der Waals surface area contributed by atoms with E-state index in [-0.39, 0.29) is 5.54 Å². The fourth-order valence-corrected chi connectivity index (χ4v) is 3.48. The van der Waals surface area contributed by atoms with Gasteiger partial charge in [-0.1, -0.05) is 25.0 Å². The lowest BCUT2D eigenvalue weighted by Crippen LogP contribution is -2.47. The first kappa shape index (κ1) is 12.4. The Morgan fingerprint density at radius 2 is 2.18 bits per heavy atom. The minimum atomic E-state index is -0.177. The normalized spacial score (nSPS) is 20.5. The van der Waals surface area contributed by atoms with Gasteiger partial charge in [0.1, 0.15) is 0 Å². The lowest BCUT2D eigenvalue weighted by atomic mass is 9.87. The van der Waals surface area contributed by atoms with E-state index in [0.29, 0.717) is 0 Å². The molecule has 1 aromatic rings. The van der Waals surface area contributed by atoms with Gasteiger partial charge < -0.3 is 0 Å². The first-order valence-corrected chi connectivity index (χ1v) is 7.02. The summed E-state index contributed by atoms with van der Waals surface area (Å²) < 4.78 is 0. The summed E-state index contributed by atoms with van der Waals surface area (Å²) in [5, 5.41) is 2.11. The zero-order valence-electron chi connectivity index (χ0n) is 10.4. The highest BCUT2D eigenvalue weighted by molar-refractivity contribution is 7.10. The molecule has 1 fully saturated rings. The SMILES string of the molecule is C#CC(=C)C(C)(c1cccs1)N1CCCCC1. The van der Waals surface area contributed by atoms with Crippen molar-refractivity contribution in [3.8, 4) is 12.3 Å². The molecule has 2 heteroatoms. The molecule has 17 heavy (non-hydrogen) atoms. The third-order valence-corrected chi connectivity index (χ3v) is 4.83. The van der Waals surface area contributed by atoms with Crippen molar-refractivity contribution < 1.29 is 0 Å². The molecule has 0 saturated carbocycles. The highest BCUT2D eigenvalue weighted by atomic mass is 32.1. The number of hydrogen-bond donors (Lipinski definition) is 0. The third-order valence-electron chi connectivity index (χ3n) is 3.75. The molecule has 2 rings (SSSR count). The van der Waals surface area contributed by atoms with Crippen molar-refractivity contribution in [2.45, 2.75) is 31.7 Å². The summed E-state index contributed by atoms with van der Waals surface area (Å²) in [5.74, 6) is 2.76. The molecular weight excluding hydrogens is 226 g/mol. The van der Waals surface area contributed by atoms with Crippen LogP contribution in [-0.2, 0) is 5.54 Å². The van der Waals surface area contributed by atoms with Crippen LogP contribution in [0.1, 0.15) is 31.1 Å². The topological polar surface area (TPSA) is 3.24 Å². The fourth-order valence-electron chi connectivity index (χ4n) is 2.53. The van der Waals surface area contributed by atoms with Crippen LogP contribution in [-0.4, -0.2) is 18.0 Å². The zero-order valence-corrected chi connectivity index (χ0v) is 11.2. The van der Waals surface area contributed by atoms with Crippen LogP contribution in [0.2, 0.25) is 0 Å². The van der Waals surface area contributed by atoms with E-state index in [2.05, 4.69) is 41.8 Å². The summed E-state index contributed by atoms with van der Waals surface area (Å²) in [6, 6.07) is 4.26. The Hall–Kier alpha value is -1.04. The van der Waals surface area contributed by atoms with E-state index in [1.807, 2.05) is 0 Å². The number of nitrogens with zero attached hydrogens (tertiary/aromatic N) is 1. The van der Waals surface area contributed by atoms with E-state index in [1.54, 1.807) is 11.3 Å². The van der Waals surface area contributed by atoms with Gasteiger partial charge in [0.15, 0.2) is 0 Å². The van der Waals surface area contributed by atoms with Crippen LogP contribution in [0.15, 0.2) is 29.7 Å². The van der Waals surface area contributed by atoms with E-state index >= 15 is 0 Å². The summed E-state index contributed by atoms with van der Waals surface area (Å²) in [7, 11) is 0. The van der Waals surface area contributed by atoms with Crippen molar-refractivity contribution in [3.05, 3.63) is 34.5 Å². The third kappa shape index (κ3) is 2.18. The largest absolute Gasteiger partial charge is 0.289 e. The summed E-state index contributed by atoms with van der Waals surface area (Å²) >= 11 is 1.77. The Balaban J connectivity index is 2.36. The minimum Gasteiger partial charge on any atom is -0.289 e. The van der Waals surface area contributed by atoms with Crippen molar-refractivity contribution in [1.29, 1.82) is 0 Å². The zero-order chi connectivity index (χ0) is 12.3. The molecule has 0 spiro atoms. The van der Waals surface area contributed by atoms with Gasteiger partial charge in [-0.25, -0.2) is 0 Å². The molecule has 0 bridgehead atoms. The van der Waals surface area contributed by atoms with Gasteiger partial charge in [0.2, 0.25) is 0 Å². The Kier molecular flexibility index (Phi) is 3.71. The second-order valence-corrected chi connectivity index (χ2v) is 5.67. The van der Waals surface area contributed by atoms with Gasteiger partial charge in [0.25, 0.3) is 0 Å². The first-order chi connectivity index (χ1) is 8.19. The Morgan fingerprint density at radius 3 is 2.71 bits per heavy atom. The molecule has 0 aromatic carbocycles. The standard InChI is InChI=1S/C15H19NS/c1-4-13(2)15(3,14-9-8-12-17-14)16-10-6-5-7-11-16/h1,8-9,12H,2,5-7,10-11H2,3H3. The van der Waals surface area contributed by atoms with Crippen LogP contribution in [0.5, 0.6) is 0 Å². The van der Waals surface area contributed by atoms with E-state index in [9.17, 15) is 0 Å². The molecule has 2 heterocycles. The van der Waals surface area contributed by atoms with Gasteiger partial charge in [-0.3, -0.25) is 4.90 Å². The van der Waals surface area contributed by atoms with Crippen molar-refractivity contribution in [3.63, 3.8) is 0 Å². The van der Waals surface area contributed by atoms with E-state index in [4.69, 9.17) is 6.42 Å². The monoisotopic (exact) mass is 245 g/mol. The highest BCUT2D eigenvalue weighted by Crippen LogP contribution is 2.38. The molecule has 0 amide bonds. The Bertz CT molecular complexity index is 420. The molecule has 1 aromatic heterocycles. The second-order valence-electron chi connectivity index (χ2n) is 4.72. The van der Waals surface area contributed by atoms with Gasteiger partial charge in [0.05, 0.1) is 5.54 Å². The Morgan fingerprint density at radius 1 is 1.47 bits per heavy atom. The number of terminal acetylenes is 1. The molecule has 1 nitrogen and oxygen atoms in total. The lowest BCUT2D eigenvalue weighted by molar-refractivity contribution is 0.115. The average Bonchev–Trinajstić information content (AvgIpc) is 2.92. The van der Waals surface area contributed by atoms with Gasteiger partial charge in [-0.2, -0.15) is 0 Å². The van der Waals surface area contributed by atoms with Crippen LogP contribution < -0.4 is 0 Å². The number of piperidine rings is 1. The summed E-state index contributed by atoms with van der Waals surface area (Å²) in [6.45, 7) is 8.56. The van der Waals surface area contributed by atoms with Crippen LogP contribution in [0.25, 0.3) is 0 Å². The van der Waals surface area contributed by atoms with Crippen molar-refractivity contribution in [2.24, 2.45) is 0 Å². The minimum absolute atomic E-state index is 0.177. The number of thiophene rings is 1. The smallest absolute Gasteiger partial charge is 0.0853 e. The van der Waals surface area contributed by atoms with Crippen LogP contribution in [0.3, 0.4) is 0 Å². The molecule has 1 aliphatic rings. The second kappa shape index (κ2) is 5.08. The van der Waals surface area contributed by atoms with Gasteiger partial charge in [-0.05, 0) is 44.3 Å². The van der Waals surface area contributed by atoms with Gasteiger partial charge >= 0.3 is 0 Å². The van der Waals surface area contributed by atoms with Crippen molar-refractivity contribution in [1.82, 2.24) is 4.90 Å². The quantitative estimate of drug-likeness (QED) is 0.735. The molecular formula is C15H19NS. The molecule has 0 radical (unpaired) electrons. The van der Waals surface area contributed by atoms with Gasteiger partial charge in [-0.15, -0.1) is 17.8 Å². The average molecular weight is 245 g/mol. The van der Waals surface area contributed by atoms with E-state index in [0.717, 1.165) is 18.7 Å². The van der Waals surface area contributed by atoms with Crippen LogP contribution in [0.4, 0.5) is 0 Å². The molecule has 1 unspecified atom stereocenters. The predicted octanol–water partition coefficient (Wildman–Crippen LogP) is 3.64. The number of rotatable bonds is 3. The van der Waals surface area contributed by atoms with Crippen molar-refractivity contribution in [2.75, 3.05) is 13.1 Å². The Labute approximate surface area is 108 Å². The molecule has 1 atom stereocenters.